The first-order valence-electron chi connectivity index (χ1n) is 10.1. The minimum absolute atomic E-state index is 0.0715. The Bertz CT molecular complexity index is 271. The van der Waals surface area contributed by atoms with E-state index in [4.69, 9.17) is 4.74 Å². The Morgan fingerprint density at radius 1 is 0.696 bits per heavy atom. The van der Waals surface area contributed by atoms with Crippen LogP contribution in [0.15, 0.2) is 12.2 Å². The van der Waals surface area contributed by atoms with Gasteiger partial charge in [-0.1, -0.05) is 83.8 Å². The average Bonchev–Trinajstić information content (AvgIpc) is 2.57. The molecule has 0 saturated heterocycles. The lowest BCUT2D eigenvalue weighted by atomic mass is 10.1. The molecule has 23 heavy (non-hydrogen) atoms. The molecule has 0 aromatic rings. The van der Waals surface area contributed by atoms with E-state index in [1.165, 1.54) is 83.5 Å². The number of allylic oxidation sites excluding steroid dienone is 2. The van der Waals surface area contributed by atoms with Gasteiger partial charge in [-0.15, -0.1) is 0 Å². The highest BCUT2D eigenvalue weighted by molar-refractivity contribution is 5.68. The van der Waals surface area contributed by atoms with Crippen molar-refractivity contribution in [3.63, 3.8) is 0 Å². The minimum atomic E-state index is -0.0715. The summed E-state index contributed by atoms with van der Waals surface area (Å²) in [5, 5.41) is 0. The Balaban J connectivity index is 3.09. The standard InChI is InChI=1S/C21H40O2/c1-3-5-6-7-8-9-10-11-12-13-14-15-16-17-18-19-20-23-21(22)4-2/h11-12H,3-10,13-20H2,1-2H3. The number of unbranched alkanes of at least 4 members (excludes halogenated alkanes) is 12. The Kier molecular flexibility index (Phi) is 18.6. The van der Waals surface area contributed by atoms with Crippen LogP contribution in [-0.2, 0) is 9.53 Å². The zero-order valence-electron chi connectivity index (χ0n) is 15.8. The van der Waals surface area contributed by atoms with E-state index in [9.17, 15) is 4.79 Å². The molecule has 0 unspecified atom stereocenters. The fraction of sp³-hybridized carbons (Fsp3) is 0.857. The van der Waals surface area contributed by atoms with Gasteiger partial charge in [-0.3, -0.25) is 4.79 Å². The molecule has 0 aliphatic heterocycles. The maximum atomic E-state index is 10.9. The second kappa shape index (κ2) is 19.3. The summed E-state index contributed by atoms with van der Waals surface area (Å²) in [7, 11) is 0. The predicted octanol–water partition coefficient (Wildman–Crippen LogP) is 6.98. The summed E-state index contributed by atoms with van der Waals surface area (Å²) in [4.78, 5) is 10.9. The topological polar surface area (TPSA) is 26.3 Å². The summed E-state index contributed by atoms with van der Waals surface area (Å²) in [5.74, 6) is -0.0715. The monoisotopic (exact) mass is 324 g/mol. The van der Waals surface area contributed by atoms with Crippen LogP contribution in [0.1, 0.15) is 110 Å². The van der Waals surface area contributed by atoms with Crippen molar-refractivity contribution in [3.05, 3.63) is 12.2 Å². The molecule has 0 bridgehead atoms. The third-order valence-electron chi connectivity index (χ3n) is 4.21. The van der Waals surface area contributed by atoms with Crippen LogP contribution in [0.3, 0.4) is 0 Å². The normalized spacial score (nSPS) is 11.2. The number of carbonyl (C=O) groups is 1. The smallest absolute Gasteiger partial charge is 0.305 e. The molecule has 0 fully saturated rings. The number of rotatable bonds is 17. The highest BCUT2D eigenvalue weighted by Crippen LogP contribution is 2.10. The van der Waals surface area contributed by atoms with Gasteiger partial charge >= 0.3 is 5.97 Å². The number of hydrogen-bond donors (Lipinski definition) is 0. The van der Waals surface area contributed by atoms with Gasteiger partial charge in [-0.25, -0.2) is 0 Å². The molecule has 136 valence electrons. The van der Waals surface area contributed by atoms with Crippen molar-refractivity contribution in [1.29, 1.82) is 0 Å². The molecule has 0 aliphatic carbocycles. The van der Waals surface area contributed by atoms with Crippen LogP contribution in [0.25, 0.3) is 0 Å². The van der Waals surface area contributed by atoms with Gasteiger partial charge in [0.25, 0.3) is 0 Å². The summed E-state index contributed by atoms with van der Waals surface area (Å²) in [6.45, 7) is 4.71. The molecule has 0 saturated carbocycles. The molecule has 2 heteroatoms. The van der Waals surface area contributed by atoms with Crippen LogP contribution in [0.4, 0.5) is 0 Å². The maximum Gasteiger partial charge on any atom is 0.305 e. The molecule has 0 aromatic carbocycles. The van der Waals surface area contributed by atoms with Gasteiger partial charge in [0.1, 0.15) is 0 Å². The molecule has 0 atom stereocenters. The van der Waals surface area contributed by atoms with Gasteiger partial charge in [0.05, 0.1) is 6.61 Å². The summed E-state index contributed by atoms with van der Waals surface area (Å²) in [5.41, 5.74) is 0. The van der Waals surface area contributed by atoms with E-state index in [2.05, 4.69) is 19.1 Å². The van der Waals surface area contributed by atoms with Crippen LogP contribution in [-0.4, -0.2) is 12.6 Å². The fourth-order valence-electron chi connectivity index (χ4n) is 2.64. The quantitative estimate of drug-likeness (QED) is 0.164. The molecular weight excluding hydrogens is 284 g/mol. The highest BCUT2D eigenvalue weighted by atomic mass is 16.5. The molecule has 0 amide bonds. The van der Waals surface area contributed by atoms with E-state index < -0.39 is 0 Å². The number of hydrogen-bond acceptors (Lipinski definition) is 2. The second-order valence-corrected chi connectivity index (χ2v) is 6.51. The van der Waals surface area contributed by atoms with E-state index in [1.807, 2.05) is 6.92 Å². The summed E-state index contributed by atoms with van der Waals surface area (Å²) in [6, 6.07) is 0. The van der Waals surface area contributed by atoms with Crippen LogP contribution in [0.5, 0.6) is 0 Å². The summed E-state index contributed by atoms with van der Waals surface area (Å²) in [6.07, 6.45) is 23.5. The number of carbonyl (C=O) groups excluding carboxylic acids is 1. The van der Waals surface area contributed by atoms with Gasteiger partial charge in [0, 0.05) is 6.42 Å². The second-order valence-electron chi connectivity index (χ2n) is 6.51. The summed E-state index contributed by atoms with van der Waals surface area (Å²) < 4.78 is 5.06. The van der Waals surface area contributed by atoms with Crippen molar-refractivity contribution >= 4 is 5.97 Å². The van der Waals surface area contributed by atoms with Gasteiger partial charge < -0.3 is 4.74 Å². The Labute approximate surface area is 145 Å². The highest BCUT2D eigenvalue weighted by Gasteiger charge is 1.97. The molecule has 0 aliphatic rings. The lowest BCUT2D eigenvalue weighted by molar-refractivity contribution is -0.143. The van der Waals surface area contributed by atoms with Crippen LogP contribution < -0.4 is 0 Å². The van der Waals surface area contributed by atoms with Crippen molar-refractivity contribution in [2.75, 3.05) is 6.61 Å². The van der Waals surface area contributed by atoms with Crippen molar-refractivity contribution in [2.45, 2.75) is 110 Å². The largest absolute Gasteiger partial charge is 0.466 e. The molecule has 0 radical (unpaired) electrons. The fourth-order valence-corrected chi connectivity index (χ4v) is 2.64. The third kappa shape index (κ3) is 19.2. The molecule has 2 nitrogen and oxygen atoms in total. The van der Waals surface area contributed by atoms with Crippen LogP contribution >= 0.6 is 0 Å². The maximum absolute atomic E-state index is 10.9. The Morgan fingerprint density at radius 3 is 1.70 bits per heavy atom. The van der Waals surface area contributed by atoms with E-state index in [0.29, 0.717) is 13.0 Å². The van der Waals surface area contributed by atoms with Crippen molar-refractivity contribution in [2.24, 2.45) is 0 Å². The van der Waals surface area contributed by atoms with Crippen LogP contribution in [0.2, 0.25) is 0 Å². The molecule has 0 rings (SSSR count). The number of ether oxygens (including phenoxy) is 1. The van der Waals surface area contributed by atoms with Gasteiger partial charge in [0.15, 0.2) is 0 Å². The molecule has 0 heterocycles. The van der Waals surface area contributed by atoms with E-state index in [-0.39, 0.29) is 5.97 Å². The Morgan fingerprint density at radius 2 is 1.17 bits per heavy atom. The van der Waals surface area contributed by atoms with E-state index >= 15 is 0 Å². The predicted molar refractivity (Wildman–Crippen MR) is 101 cm³/mol. The molecule has 0 spiro atoms. The minimum Gasteiger partial charge on any atom is -0.466 e. The first-order valence-corrected chi connectivity index (χ1v) is 10.1. The van der Waals surface area contributed by atoms with Gasteiger partial charge in [0.2, 0.25) is 0 Å². The first-order chi connectivity index (χ1) is 11.3. The van der Waals surface area contributed by atoms with Gasteiger partial charge in [-0.2, -0.15) is 0 Å². The van der Waals surface area contributed by atoms with E-state index in [0.717, 1.165) is 6.42 Å². The zero-order chi connectivity index (χ0) is 17.0. The zero-order valence-corrected chi connectivity index (χ0v) is 15.8. The SMILES string of the molecule is CCCCCCCCC=CCCCCCCCCOC(=O)CC. The van der Waals surface area contributed by atoms with Crippen molar-refractivity contribution < 1.29 is 9.53 Å². The average molecular weight is 325 g/mol. The van der Waals surface area contributed by atoms with Crippen LogP contribution in [0, 0.1) is 0 Å². The van der Waals surface area contributed by atoms with E-state index in [1.54, 1.807) is 0 Å². The molecule has 0 N–H and O–H groups in total. The Hall–Kier alpha value is -0.790. The lowest BCUT2D eigenvalue weighted by Crippen LogP contribution is -2.03. The number of esters is 1. The van der Waals surface area contributed by atoms with Gasteiger partial charge in [-0.05, 0) is 32.1 Å². The van der Waals surface area contributed by atoms with Crippen molar-refractivity contribution in [1.82, 2.24) is 0 Å². The molecule has 0 aromatic heterocycles. The van der Waals surface area contributed by atoms with Crippen molar-refractivity contribution in [3.8, 4) is 0 Å². The lowest BCUT2D eigenvalue weighted by Gasteiger charge is -2.03. The summed E-state index contributed by atoms with van der Waals surface area (Å²) >= 11 is 0. The third-order valence-corrected chi connectivity index (χ3v) is 4.21. The first kappa shape index (κ1) is 22.2. The molecular formula is C21H40O2.